The number of piperazine rings is 1. The van der Waals surface area contributed by atoms with E-state index in [0.29, 0.717) is 30.8 Å². The molecule has 1 aliphatic heterocycles. The van der Waals surface area contributed by atoms with E-state index in [4.69, 9.17) is 0 Å². The first-order chi connectivity index (χ1) is 9.95. The SMILES string of the molecule is C=CC(=O)N1CCN(C(=O)c2cccc(F)c2C)C[C@H]1C. The number of benzene rings is 1. The quantitative estimate of drug-likeness (QED) is 0.782. The van der Waals surface area contributed by atoms with Gasteiger partial charge in [-0.1, -0.05) is 12.6 Å². The lowest BCUT2D eigenvalue weighted by Gasteiger charge is -2.39. The van der Waals surface area contributed by atoms with E-state index in [1.165, 1.54) is 18.2 Å². The van der Waals surface area contributed by atoms with Gasteiger partial charge >= 0.3 is 0 Å². The lowest BCUT2D eigenvalue weighted by atomic mass is 10.1. The first kappa shape index (κ1) is 15.2. The first-order valence-electron chi connectivity index (χ1n) is 6.93. The molecule has 2 rings (SSSR count). The van der Waals surface area contributed by atoms with E-state index in [2.05, 4.69) is 6.58 Å². The molecular formula is C16H19FN2O2. The van der Waals surface area contributed by atoms with Gasteiger partial charge in [-0.05, 0) is 37.6 Å². The molecule has 2 amide bonds. The fourth-order valence-corrected chi connectivity index (χ4v) is 2.60. The second-order valence-corrected chi connectivity index (χ2v) is 5.25. The van der Waals surface area contributed by atoms with E-state index in [0.717, 1.165) is 0 Å². The van der Waals surface area contributed by atoms with Crippen LogP contribution in [0.25, 0.3) is 0 Å². The molecule has 0 aliphatic carbocycles. The molecule has 0 bridgehead atoms. The highest BCUT2D eigenvalue weighted by atomic mass is 19.1. The molecule has 1 fully saturated rings. The molecule has 112 valence electrons. The molecule has 1 saturated heterocycles. The minimum Gasteiger partial charge on any atom is -0.335 e. The normalized spacial score (nSPS) is 18.5. The van der Waals surface area contributed by atoms with Gasteiger partial charge in [-0.2, -0.15) is 0 Å². The Labute approximate surface area is 123 Å². The Hall–Kier alpha value is -2.17. The van der Waals surface area contributed by atoms with Crippen molar-refractivity contribution in [1.29, 1.82) is 0 Å². The molecule has 5 heteroatoms. The van der Waals surface area contributed by atoms with Crippen molar-refractivity contribution in [2.75, 3.05) is 19.6 Å². The number of carbonyl (C=O) groups is 2. The zero-order valence-electron chi connectivity index (χ0n) is 12.3. The summed E-state index contributed by atoms with van der Waals surface area (Å²) >= 11 is 0. The fourth-order valence-electron chi connectivity index (χ4n) is 2.60. The minimum absolute atomic E-state index is 0.0814. The number of hydrogen-bond acceptors (Lipinski definition) is 2. The van der Waals surface area contributed by atoms with Crippen LogP contribution < -0.4 is 0 Å². The van der Waals surface area contributed by atoms with E-state index in [1.807, 2.05) is 6.92 Å². The molecule has 1 aromatic carbocycles. The van der Waals surface area contributed by atoms with Gasteiger partial charge in [-0.3, -0.25) is 9.59 Å². The summed E-state index contributed by atoms with van der Waals surface area (Å²) in [6.07, 6.45) is 1.28. The van der Waals surface area contributed by atoms with Crippen LogP contribution in [0, 0.1) is 12.7 Å². The van der Waals surface area contributed by atoms with Gasteiger partial charge in [0.25, 0.3) is 5.91 Å². The van der Waals surface area contributed by atoms with Gasteiger partial charge in [0, 0.05) is 31.2 Å². The summed E-state index contributed by atoms with van der Waals surface area (Å²) in [6.45, 7) is 8.32. The largest absolute Gasteiger partial charge is 0.335 e. The maximum absolute atomic E-state index is 13.6. The zero-order chi connectivity index (χ0) is 15.6. The van der Waals surface area contributed by atoms with Gasteiger partial charge in [0.1, 0.15) is 5.82 Å². The van der Waals surface area contributed by atoms with Gasteiger partial charge in [0.05, 0.1) is 0 Å². The van der Waals surface area contributed by atoms with Crippen molar-refractivity contribution in [3.8, 4) is 0 Å². The van der Waals surface area contributed by atoms with E-state index < -0.39 is 0 Å². The number of amides is 2. The van der Waals surface area contributed by atoms with Crippen molar-refractivity contribution in [2.45, 2.75) is 19.9 Å². The summed E-state index contributed by atoms with van der Waals surface area (Å²) in [5.41, 5.74) is 0.741. The summed E-state index contributed by atoms with van der Waals surface area (Å²) in [7, 11) is 0. The fraction of sp³-hybridized carbons (Fsp3) is 0.375. The minimum atomic E-state index is -0.380. The Balaban J connectivity index is 2.14. The smallest absolute Gasteiger partial charge is 0.254 e. The van der Waals surface area contributed by atoms with Crippen LogP contribution in [0.15, 0.2) is 30.9 Å². The number of nitrogens with zero attached hydrogens (tertiary/aromatic N) is 2. The molecule has 0 N–H and O–H groups in total. The van der Waals surface area contributed by atoms with Crippen LogP contribution in [0.2, 0.25) is 0 Å². The van der Waals surface area contributed by atoms with Gasteiger partial charge in [-0.15, -0.1) is 0 Å². The standard InChI is InChI=1S/C16H19FN2O2/c1-4-15(20)19-9-8-18(10-11(19)2)16(21)13-6-5-7-14(17)12(13)3/h4-7,11H,1,8-10H2,2-3H3/t11-/m1/s1. The zero-order valence-corrected chi connectivity index (χ0v) is 12.3. The van der Waals surface area contributed by atoms with Crippen molar-refractivity contribution in [2.24, 2.45) is 0 Å². The molecule has 1 aromatic rings. The van der Waals surface area contributed by atoms with Crippen molar-refractivity contribution in [3.05, 3.63) is 47.8 Å². The second kappa shape index (κ2) is 6.08. The average Bonchev–Trinajstić information content (AvgIpc) is 2.48. The Morgan fingerprint density at radius 1 is 1.38 bits per heavy atom. The predicted octanol–water partition coefficient (Wildman–Crippen LogP) is 1.99. The summed E-state index contributed by atoms with van der Waals surface area (Å²) in [4.78, 5) is 27.5. The molecule has 21 heavy (non-hydrogen) atoms. The van der Waals surface area contributed by atoms with E-state index in [9.17, 15) is 14.0 Å². The second-order valence-electron chi connectivity index (χ2n) is 5.25. The molecular weight excluding hydrogens is 271 g/mol. The van der Waals surface area contributed by atoms with E-state index in [-0.39, 0.29) is 23.7 Å². The van der Waals surface area contributed by atoms with Crippen LogP contribution in [0.1, 0.15) is 22.8 Å². The van der Waals surface area contributed by atoms with Gasteiger partial charge in [0.2, 0.25) is 5.91 Å². The van der Waals surface area contributed by atoms with Crippen LogP contribution in [0.5, 0.6) is 0 Å². The molecule has 4 nitrogen and oxygen atoms in total. The van der Waals surface area contributed by atoms with Crippen LogP contribution in [0.4, 0.5) is 4.39 Å². The highest BCUT2D eigenvalue weighted by molar-refractivity contribution is 5.96. The number of rotatable bonds is 2. The van der Waals surface area contributed by atoms with Gasteiger partial charge in [0.15, 0.2) is 0 Å². The Bertz CT molecular complexity index is 586. The molecule has 1 atom stereocenters. The molecule has 0 unspecified atom stereocenters. The molecule has 0 spiro atoms. The molecule has 0 saturated carbocycles. The highest BCUT2D eigenvalue weighted by Gasteiger charge is 2.29. The average molecular weight is 290 g/mol. The van der Waals surface area contributed by atoms with Crippen molar-refractivity contribution in [3.63, 3.8) is 0 Å². The first-order valence-corrected chi connectivity index (χ1v) is 6.93. The predicted molar refractivity (Wildman–Crippen MR) is 78.4 cm³/mol. The van der Waals surface area contributed by atoms with Crippen LogP contribution in [-0.4, -0.2) is 47.3 Å². The van der Waals surface area contributed by atoms with Crippen molar-refractivity contribution < 1.29 is 14.0 Å². The summed E-state index contributed by atoms with van der Waals surface area (Å²) < 4.78 is 13.6. The maximum atomic E-state index is 13.6. The van der Waals surface area contributed by atoms with Crippen molar-refractivity contribution >= 4 is 11.8 Å². The summed E-state index contributed by atoms with van der Waals surface area (Å²) in [5, 5.41) is 0. The van der Waals surface area contributed by atoms with E-state index >= 15 is 0 Å². The maximum Gasteiger partial charge on any atom is 0.254 e. The van der Waals surface area contributed by atoms with Gasteiger partial charge < -0.3 is 9.80 Å². The van der Waals surface area contributed by atoms with Crippen LogP contribution in [-0.2, 0) is 4.79 Å². The third-order valence-corrected chi connectivity index (χ3v) is 3.87. The Morgan fingerprint density at radius 2 is 2.10 bits per heavy atom. The molecule has 1 aliphatic rings. The summed E-state index contributed by atoms with van der Waals surface area (Å²) in [5.74, 6) is -0.699. The topological polar surface area (TPSA) is 40.6 Å². The number of hydrogen-bond donors (Lipinski definition) is 0. The number of carbonyl (C=O) groups excluding carboxylic acids is 2. The number of halogens is 1. The molecule has 0 aromatic heterocycles. The Kier molecular flexibility index (Phi) is 4.40. The molecule has 0 radical (unpaired) electrons. The van der Waals surface area contributed by atoms with E-state index in [1.54, 1.807) is 22.8 Å². The molecule has 1 heterocycles. The lowest BCUT2D eigenvalue weighted by molar-refractivity contribution is -0.129. The Morgan fingerprint density at radius 3 is 2.71 bits per heavy atom. The lowest BCUT2D eigenvalue weighted by Crippen LogP contribution is -2.55. The van der Waals surface area contributed by atoms with Crippen LogP contribution in [0.3, 0.4) is 0 Å². The van der Waals surface area contributed by atoms with Gasteiger partial charge in [-0.25, -0.2) is 4.39 Å². The summed E-state index contributed by atoms with van der Waals surface area (Å²) in [6, 6.07) is 4.43. The third-order valence-electron chi connectivity index (χ3n) is 3.87. The van der Waals surface area contributed by atoms with Crippen molar-refractivity contribution in [1.82, 2.24) is 9.80 Å². The van der Waals surface area contributed by atoms with Crippen LogP contribution >= 0.6 is 0 Å². The third kappa shape index (κ3) is 2.96. The monoisotopic (exact) mass is 290 g/mol. The highest BCUT2D eigenvalue weighted by Crippen LogP contribution is 2.17.